The van der Waals surface area contributed by atoms with E-state index in [0.29, 0.717) is 29.5 Å². The van der Waals surface area contributed by atoms with Crippen LogP contribution in [0, 0.1) is 20.8 Å². The maximum Gasteiger partial charge on any atom is 0.252 e. The monoisotopic (exact) mass is 440 g/mol. The first-order valence-electron chi connectivity index (χ1n) is 9.93. The van der Waals surface area contributed by atoms with Gasteiger partial charge in [-0.2, -0.15) is 11.8 Å². The summed E-state index contributed by atoms with van der Waals surface area (Å²) in [5.41, 5.74) is 0.466. The van der Waals surface area contributed by atoms with Gasteiger partial charge in [0, 0.05) is 18.9 Å². The molecule has 1 saturated carbocycles. The fourth-order valence-electron chi connectivity index (χ4n) is 3.14. The predicted molar refractivity (Wildman–Crippen MR) is 125 cm³/mol. The molecule has 0 bridgehead atoms. The van der Waals surface area contributed by atoms with Crippen molar-refractivity contribution in [3.05, 3.63) is 49.6 Å². The van der Waals surface area contributed by atoms with Gasteiger partial charge in [0.1, 0.15) is 5.75 Å². The molecule has 1 aromatic rings. The van der Waals surface area contributed by atoms with Crippen molar-refractivity contribution < 1.29 is 14.6 Å². The van der Waals surface area contributed by atoms with Crippen molar-refractivity contribution in [2.24, 2.45) is 0 Å². The molecule has 1 aliphatic carbocycles. The minimum atomic E-state index is -0.141. The van der Waals surface area contributed by atoms with Gasteiger partial charge in [-0.3, -0.25) is 4.79 Å². The molecule has 163 valence electrons. The number of rotatable bonds is 10. The van der Waals surface area contributed by atoms with Gasteiger partial charge in [0.05, 0.1) is 17.2 Å². The van der Waals surface area contributed by atoms with Crippen LogP contribution in [0.1, 0.15) is 61.7 Å². The van der Waals surface area contributed by atoms with Gasteiger partial charge in [-0.25, -0.2) is 0 Å². The van der Waals surface area contributed by atoms with Gasteiger partial charge in [0.25, 0.3) is 5.91 Å². The first-order valence-corrected chi connectivity index (χ1v) is 11.5. The second-order valence-corrected chi connectivity index (χ2v) is 8.51. The summed E-state index contributed by atoms with van der Waals surface area (Å²) >= 11 is 7.97. The average molecular weight is 441 g/mol. The van der Waals surface area contributed by atoms with Crippen LogP contribution < -0.4 is 10.1 Å². The molecule has 1 aliphatic rings. The largest absolute Gasteiger partial charge is 0.493 e. The second kappa shape index (κ2) is 16.8. The average Bonchev–Trinajstić information content (AvgIpc) is 2.64. The Morgan fingerprint density at radius 1 is 1.10 bits per heavy atom. The van der Waals surface area contributed by atoms with Crippen LogP contribution in [-0.2, 0) is 0 Å². The van der Waals surface area contributed by atoms with E-state index < -0.39 is 0 Å². The minimum Gasteiger partial charge on any atom is -0.493 e. The lowest BCUT2D eigenvalue weighted by Crippen LogP contribution is -2.29. The Morgan fingerprint density at radius 3 is 2.48 bits per heavy atom. The van der Waals surface area contributed by atoms with Gasteiger partial charge in [-0.15, -0.1) is 0 Å². The molecule has 2 rings (SSSR count). The van der Waals surface area contributed by atoms with E-state index in [9.17, 15) is 4.79 Å². The molecule has 0 heterocycles. The van der Waals surface area contributed by atoms with E-state index in [1.165, 1.54) is 38.0 Å². The summed E-state index contributed by atoms with van der Waals surface area (Å²) in [7, 11) is 0. The van der Waals surface area contributed by atoms with E-state index in [1.807, 2.05) is 0 Å². The molecule has 0 atom stereocenters. The van der Waals surface area contributed by atoms with Crippen LogP contribution in [0.2, 0.25) is 5.02 Å². The lowest BCUT2D eigenvalue weighted by molar-refractivity contribution is 0.0953. The quantitative estimate of drug-likeness (QED) is 0.469. The number of ether oxygens (including phenoxy) is 1. The van der Waals surface area contributed by atoms with Crippen molar-refractivity contribution >= 4 is 29.3 Å². The molecule has 0 aromatic heterocycles. The molecule has 1 amide bonds. The molecule has 6 heteroatoms. The number of aliphatic hydroxyl groups is 1. The highest BCUT2D eigenvalue weighted by Gasteiger charge is 2.16. The number of benzene rings is 1. The van der Waals surface area contributed by atoms with Crippen LogP contribution in [0.4, 0.5) is 0 Å². The molecule has 29 heavy (non-hydrogen) atoms. The Kier molecular flexibility index (Phi) is 16.3. The van der Waals surface area contributed by atoms with Gasteiger partial charge in [0.15, 0.2) is 0 Å². The molecule has 2 N–H and O–H groups in total. The molecule has 0 unspecified atom stereocenters. The van der Waals surface area contributed by atoms with Gasteiger partial charge >= 0.3 is 0 Å². The zero-order valence-corrected chi connectivity index (χ0v) is 19.0. The molecular weight excluding hydrogens is 406 g/mol. The maximum atomic E-state index is 12.6. The fourth-order valence-corrected chi connectivity index (χ4v) is 4.08. The van der Waals surface area contributed by atoms with Crippen molar-refractivity contribution in [1.82, 2.24) is 5.32 Å². The summed E-state index contributed by atoms with van der Waals surface area (Å²) in [6.45, 7) is 1.43. The lowest BCUT2D eigenvalue weighted by atomic mass is 9.91. The summed E-state index contributed by atoms with van der Waals surface area (Å²) < 4.78 is 5.73. The number of hydrogen-bond acceptors (Lipinski definition) is 4. The number of nitrogens with one attached hydrogen (secondary N) is 1. The van der Waals surface area contributed by atoms with E-state index in [1.54, 1.807) is 30.0 Å². The number of carbonyl (C=O) groups is 1. The fraction of sp³-hybridized carbons (Fsp3) is 0.565. The van der Waals surface area contributed by atoms with Gasteiger partial charge in [-0.1, -0.05) is 58.6 Å². The van der Waals surface area contributed by atoms with Crippen molar-refractivity contribution in [1.29, 1.82) is 0 Å². The number of amides is 1. The van der Waals surface area contributed by atoms with Crippen LogP contribution in [0.3, 0.4) is 0 Å². The summed E-state index contributed by atoms with van der Waals surface area (Å²) in [5, 5.41) is 12.2. The standard InChI is InChI=1S/C21H31ClNO3S.2CH2/c22-20-10-9-18(26-12-14-27-13-6-11-24)15-19(20)21(25)23-16-17-7-4-2-1-3-5-8-17;;/h9-10,15,24H,1-8,11-14,16H2,(H,23,25);2*1H2. The topological polar surface area (TPSA) is 58.6 Å². The van der Waals surface area contributed by atoms with E-state index in [0.717, 1.165) is 30.8 Å². The molecule has 1 fully saturated rings. The number of halogens is 1. The van der Waals surface area contributed by atoms with Crippen LogP contribution in [0.25, 0.3) is 0 Å². The first-order chi connectivity index (χ1) is 13.2. The zero-order valence-electron chi connectivity index (χ0n) is 17.4. The Bertz CT molecular complexity index is 563. The van der Waals surface area contributed by atoms with Crippen LogP contribution in [-0.4, -0.2) is 42.3 Å². The van der Waals surface area contributed by atoms with Crippen LogP contribution in [0.5, 0.6) is 5.75 Å². The number of aliphatic hydroxyl groups excluding tert-OH is 1. The minimum absolute atomic E-state index is 0. The van der Waals surface area contributed by atoms with E-state index in [-0.39, 0.29) is 27.4 Å². The van der Waals surface area contributed by atoms with E-state index >= 15 is 0 Å². The van der Waals surface area contributed by atoms with Gasteiger partial charge in [0.2, 0.25) is 0 Å². The highest BCUT2D eigenvalue weighted by atomic mass is 35.5. The summed E-state index contributed by atoms with van der Waals surface area (Å²) in [5.74, 6) is 3.73. The van der Waals surface area contributed by atoms with Crippen LogP contribution >= 0.6 is 23.4 Å². The van der Waals surface area contributed by atoms with Crippen molar-refractivity contribution in [2.45, 2.75) is 51.4 Å². The predicted octanol–water partition coefficient (Wildman–Crippen LogP) is 5.54. The van der Waals surface area contributed by atoms with Gasteiger partial charge < -0.3 is 15.2 Å². The molecular formula is C23H35ClNO3S. The Balaban J connectivity index is 0.00000392. The van der Waals surface area contributed by atoms with Crippen molar-refractivity contribution in [2.75, 3.05) is 31.3 Å². The van der Waals surface area contributed by atoms with Crippen molar-refractivity contribution in [3.8, 4) is 5.75 Å². The highest BCUT2D eigenvalue weighted by molar-refractivity contribution is 7.99. The summed E-state index contributed by atoms with van der Waals surface area (Å²) in [4.78, 5) is 12.6. The molecule has 5 radical (unpaired) electrons. The number of carbonyl (C=O) groups excluding carboxylic acids is 1. The molecule has 0 aliphatic heterocycles. The van der Waals surface area contributed by atoms with E-state index in [4.69, 9.17) is 21.4 Å². The van der Waals surface area contributed by atoms with Crippen LogP contribution in [0.15, 0.2) is 18.2 Å². The third-order valence-electron chi connectivity index (χ3n) is 4.69. The first kappa shape index (κ1) is 28.1. The maximum absolute atomic E-state index is 12.6. The number of hydrogen-bond donors (Lipinski definition) is 2. The Hall–Kier alpha value is -0.910. The zero-order chi connectivity index (χ0) is 19.3. The molecule has 1 aromatic carbocycles. The Labute approximate surface area is 187 Å². The third-order valence-corrected chi connectivity index (χ3v) is 6.05. The van der Waals surface area contributed by atoms with E-state index in [2.05, 4.69) is 5.32 Å². The Morgan fingerprint density at radius 2 is 1.79 bits per heavy atom. The highest BCUT2D eigenvalue weighted by Crippen LogP contribution is 2.25. The lowest BCUT2D eigenvalue weighted by Gasteiger charge is -2.19. The third kappa shape index (κ3) is 11.2. The second-order valence-electron chi connectivity index (χ2n) is 6.88. The molecule has 4 nitrogen and oxygen atoms in total. The SMILES string of the molecule is O=C(NC[C]1CCCCCCC1)c1cc(OCCSCCCO)ccc1Cl.[CH2].[CH2]. The van der Waals surface area contributed by atoms with Crippen molar-refractivity contribution in [3.63, 3.8) is 0 Å². The normalized spacial score (nSPS) is 14.7. The summed E-state index contributed by atoms with van der Waals surface area (Å²) in [6.07, 6.45) is 9.41. The smallest absolute Gasteiger partial charge is 0.252 e. The summed E-state index contributed by atoms with van der Waals surface area (Å²) in [6, 6.07) is 5.23. The van der Waals surface area contributed by atoms with Gasteiger partial charge in [-0.05, 0) is 49.1 Å². The number of thioether (sulfide) groups is 1. The molecule has 0 saturated heterocycles. The molecule has 0 spiro atoms.